The van der Waals surface area contributed by atoms with Crippen molar-refractivity contribution in [1.82, 2.24) is 10.6 Å². The first-order valence-electron chi connectivity index (χ1n) is 9.71. The molecule has 0 aliphatic carbocycles. The average molecular weight is 358 g/mol. The van der Waals surface area contributed by atoms with Crippen LogP contribution in [0.3, 0.4) is 0 Å². The molecule has 0 radical (unpaired) electrons. The van der Waals surface area contributed by atoms with Crippen LogP contribution in [-0.4, -0.2) is 44.7 Å². The molecule has 1 aromatic rings. The van der Waals surface area contributed by atoms with Crippen molar-refractivity contribution in [3.05, 3.63) is 24.3 Å². The normalized spacial score (nSPS) is 18.0. The summed E-state index contributed by atoms with van der Waals surface area (Å²) in [5.74, 6) is 0.993. The molecule has 3 amide bonds. The Kier molecular flexibility index (Phi) is 6.14. The number of carbonyl (C=O) groups is 2. The smallest absolute Gasteiger partial charge is 0.322 e. The zero-order chi connectivity index (χ0) is 18.5. The quantitative estimate of drug-likeness (QED) is 0.869. The minimum absolute atomic E-state index is 0.0630. The van der Waals surface area contributed by atoms with Crippen molar-refractivity contribution in [2.75, 3.05) is 42.5 Å². The molecular weight excluding hydrogens is 328 g/mol. The predicted molar refractivity (Wildman–Crippen MR) is 105 cm³/mol. The largest absolute Gasteiger partial charge is 0.337 e. The van der Waals surface area contributed by atoms with Gasteiger partial charge in [-0.1, -0.05) is 26.0 Å². The van der Waals surface area contributed by atoms with Gasteiger partial charge in [-0.15, -0.1) is 0 Å². The summed E-state index contributed by atoms with van der Waals surface area (Å²) in [6, 6.07) is 7.63. The number of nitrogens with zero attached hydrogens (tertiary/aromatic N) is 2. The molecular formula is C20H30N4O2. The molecule has 0 spiro atoms. The lowest BCUT2D eigenvalue weighted by Gasteiger charge is -2.37. The highest BCUT2D eigenvalue weighted by Crippen LogP contribution is 2.33. The van der Waals surface area contributed by atoms with E-state index < -0.39 is 0 Å². The molecule has 3 rings (SSSR count). The Balaban J connectivity index is 1.68. The molecule has 0 bridgehead atoms. The second-order valence-electron chi connectivity index (χ2n) is 7.66. The van der Waals surface area contributed by atoms with E-state index in [0.717, 1.165) is 43.9 Å². The Morgan fingerprint density at radius 3 is 2.38 bits per heavy atom. The Morgan fingerprint density at radius 1 is 1.12 bits per heavy atom. The van der Waals surface area contributed by atoms with Crippen LogP contribution < -0.4 is 20.4 Å². The van der Waals surface area contributed by atoms with Crippen LogP contribution in [0.5, 0.6) is 0 Å². The summed E-state index contributed by atoms with van der Waals surface area (Å²) in [6.45, 7) is 7.94. The zero-order valence-corrected chi connectivity index (χ0v) is 15.8. The molecule has 1 saturated heterocycles. The molecule has 6 heteroatoms. The molecule has 1 aromatic carbocycles. The summed E-state index contributed by atoms with van der Waals surface area (Å²) < 4.78 is 0. The molecule has 2 N–H and O–H groups in total. The van der Waals surface area contributed by atoms with Crippen LogP contribution in [0, 0.1) is 11.8 Å². The maximum Gasteiger partial charge on any atom is 0.322 e. The van der Waals surface area contributed by atoms with Crippen LogP contribution in [0.15, 0.2) is 24.3 Å². The first-order chi connectivity index (χ1) is 12.6. The minimum Gasteiger partial charge on any atom is -0.337 e. The summed E-state index contributed by atoms with van der Waals surface area (Å²) in [7, 11) is 0. The van der Waals surface area contributed by atoms with Crippen LogP contribution in [0.4, 0.5) is 16.2 Å². The fourth-order valence-corrected chi connectivity index (χ4v) is 3.70. The molecule has 2 aliphatic rings. The number of hydrogen-bond donors (Lipinski definition) is 2. The fraction of sp³-hybridized carbons (Fsp3) is 0.600. The summed E-state index contributed by atoms with van der Waals surface area (Å²) in [5, 5.41) is 6.44. The maximum absolute atomic E-state index is 12.8. The van der Waals surface area contributed by atoms with E-state index in [9.17, 15) is 9.59 Å². The molecule has 0 saturated carbocycles. The van der Waals surface area contributed by atoms with Gasteiger partial charge in [-0.3, -0.25) is 9.69 Å². The number of anilines is 2. The molecule has 142 valence electrons. The van der Waals surface area contributed by atoms with E-state index in [2.05, 4.69) is 10.6 Å². The SMILES string of the molecule is CC(C)CC(=O)N1CCN(C(=O)NCC2CCNCC2)c2ccccc21. The van der Waals surface area contributed by atoms with Gasteiger partial charge in [0.25, 0.3) is 0 Å². The third-order valence-corrected chi connectivity index (χ3v) is 5.14. The first kappa shape index (κ1) is 18.7. The van der Waals surface area contributed by atoms with Crippen LogP contribution in [0.1, 0.15) is 33.1 Å². The highest BCUT2D eigenvalue weighted by atomic mass is 16.2. The van der Waals surface area contributed by atoms with E-state index in [1.54, 1.807) is 4.90 Å². The lowest BCUT2D eigenvalue weighted by Crippen LogP contribution is -2.50. The number of rotatable bonds is 4. The van der Waals surface area contributed by atoms with Crippen molar-refractivity contribution in [1.29, 1.82) is 0 Å². The van der Waals surface area contributed by atoms with Crippen LogP contribution in [0.2, 0.25) is 0 Å². The van der Waals surface area contributed by atoms with Gasteiger partial charge in [-0.2, -0.15) is 0 Å². The highest BCUT2D eigenvalue weighted by molar-refractivity contribution is 6.03. The number of hydrogen-bond acceptors (Lipinski definition) is 3. The number of carbonyl (C=O) groups excluding carboxylic acids is 2. The van der Waals surface area contributed by atoms with Gasteiger partial charge in [-0.05, 0) is 49.9 Å². The number of nitrogens with one attached hydrogen (secondary N) is 2. The molecule has 26 heavy (non-hydrogen) atoms. The summed E-state index contributed by atoms with van der Waals surface area (Å²) in [5.41, 5.74) is 1.65. The molecule has 2 aliphatic heterocycles. The zero-order valence-electron chi connectivity index (χ0n) is 15.8. The van der Waals surface area contributed by atoms with Crippen molar-refractivity contribution < 1.29 is 9.59 Å². The van der Waals surface area contributed by atoms with Crippen LogP contribution >= 0.6 is 0 Å². The van der Waals surface area contributed by atoms with Gasteiger partial charge in [0.1, 0.15) is 0 Å². The second kappa shape index (κ2) is 8.54. The Labute approximate surface area is 155 Å². The van der Waals surface area contributed by atoms with Gasteiger partial charge in [0, 0.05) is 26.1 Å². The molecule has 0 atom stereocenters. The molecule has 6 nitrogen and oxygen atoms in total. The third kappa shape index (κ3) is 4.36. The average Bonchev–Trinajstić information content (AvgIpc) is 2.65. The fourth-order valence-electron chi connectivity index (χ4n) is 3.70. The highest BCUT2D eigenvalue weighted by Gasteiger charge is 2.30. The number of fused-ring (bicyclic) bond motifs is 1. The maximum atomic E-state index is 12.8. The Bertz CT molecular complexity index is 640. The van der Waals surface area contributed by atoms with Crippen LogP contribution in [0.25, 0.3) is 0 Å². The molecule has 2 heterocycles. The summed E-state index contributed by atoms with van der Waals surface area (Å²) in [6.07, 6.45) is 2.74. The number of benzene rings is 1. The first-order valence-corrected chi connectivity index (χ1v) is 9.71. The van der Waals surface area contributed by atoms with Crippen LogP contribution in [-0.2, 0) is 4.79 Å². The van der Waals surface area contributed by atoms with Crippen molar-refractivity contribution in [2.24, 2.45) is 11.8 Å². The van der Waals surface area contributed by atoms with Gasteiger partial charge in [-0.25, -0.2) is 4.79 Å². The Hall–Kier alpha value is -2.08. The lowest BCUT2D eigenvalue weighted by atomic mass is 9.98. The van der Waals surface area contributed by atoms with Gasteiger partial charge in [0.05, 0.1) is 11.4 Å². The van der Waals surface area contributed by atoms with E-state index in [0.29, 0.717) is 31.3 Å². The van der Waals surface area contributed by atoms with Gasteiger partial charge in [0.15, 0.2) is 0 Å². The van der Waals surface area contributed by atoms with Gasteiger partial charge in [0.2, 0.25) is 5.91 Å². The standard InChI is InChI=1S/C20H30N4O2/c1-15(2)13-19(25)23-11-12-24(18-6-4-3-5-17(18)23)20(26)22-14-16-7-9-21-10-8-16/h3-6,15-16,21H,7-14H2,1-2H3,(H,22,26). The number of piperidine rings is 1. The van der Waals surface area contributed by atoms with E-state index in [1.165, 1.54) is 0 Å². The predicted octanol–water partition coefficient (Wildman–Crippen LogP) is 2.59. The topological polar surface area (TPSA) is 64.7 Å². The van der Waals surface area contributed by atoms with Gasteiger partial charge >= 0.3 is 6.03 Å². The summed E-state index contributed by atoms with van der Waals surface area (Å²) >= 11 is 0. The number of para-hydroxylation sites is 2. The van der Waals surface area contributed by atoms with Crippen molar-refractivity contribution in [2.45, 2.75) is 33.1 Å². The van der Waals surface area contributed by atoms with E-state index >= 15 is 0 Å². The monoisotopic (exact) mass is 358 g/mol. The van der Waals surface area contributed by atoms with Crippen molar-refractivity contribution >= 4 is 23.3 Å². The molecule has 1 fully saturated rings. The number of amides is 3. The third-order valence-electron chi connectivity index (χ3n) is 5.14. The second-order valence-corrected chi connectivity index (χ2v) is 7.66. The molecule has 0 unspecified atom stereocenters. The number of urea groups is 1. The van der Waals surface area contributed by atoms with E-state index in [1.807, 2.05) is 43.0 Å². The van der Waals surface area contributed by atoms with Crippen molar-refractivity contribution in [3.63, 3.8) is 0 Å². The van der Waals surface area contributed by atoms with E-state index in [4.69, 9.17) is 0 Å². The lowest BCUT2D eigenvalue weighted by molar-refractivity contribution is -0.119. The van der Waals surface area contributed by atoms with E-state index in [-0.39, 0.29) is 11.9 Å². The summed E-state index contributed by atoms with van der Waals surface area (Å²) in [4.78, 5) is 28.9. The Morgan fingerprint density at radius 2 is 1.73 bits per heavy atom. The molecule has 0 aromatic heterocycles. The van der Waals surface area contributed by atoms with Crippen molar-refractivity contribution in [3.8, 4) is 0 Å². The minimum atomic E-state index is -0.0630. The van der Waals surface area contributed by atoms with Gasteiger partial charge < -0.3 is 15.5 Å².